The molecule has 104 valence electrons. The lowest BCUT2D eigenvalue weighted by Crippen LogP contribution is -2.25. The van der Waals surface area contributed by atoms with E-state index in [0.717, 1.165) is 17.7 Å². The molecule has 0 aromatic heterocycles. The van der Waals surface area contributed by atoms with E-state index in [-0.39, 0.29) is 12.0 Å². The van der Waals surface area contributed by atoms with Crippen molar-refractivity contribution in [3.05, 3.63) is 29.3 Å². The van der Waals surface area contributed by atoms with Gasteiger partial charge in [-0.3, -0.25) is 4.79 Å². The highest BCUT2D eigenvalue weighted by atomic mass is 16.5. The number of nitrogens with one attached hydrogen (secondary N) is 1. The molecular weight excluding hydrogens is 238 g/mol. The molecule has 0 fully saturated rings. The van der Waals surface area contributed by atoms with Gasteiger partial charge in [0.25, 0.3) is 5.91 Å². The van der Waals surface area contributed by atoms with Crippen molar-refractivity contribution in [3.63, 3.8) is 0 Å². The van der Waals surface area contributed by atoms with Gasteiger partial charge in [-0.05, 0) is 25.3 Å². The fourth-order valence-electron chi connectivity index (χ4n) is 2.33. The topological polar surface area (TPSA) is 38.3 Å². The van der Waals surface area contributed by atoms with Crippen molar-refractivity contribution in [2.45, 2.75) is 46.1 Å². The maximum absolute atomic E-state index is 12.2. The summed E-state index contributed by atoms with van der Waals surface area (Å²) in [6.07, 6.45) is 1.13. The Morgan fingerprint density at radius 2 is 2.11 bits per heavy atom. The summed E-state index contributed by atoms with van der Waals surface area (Å²) in [6, 6.07) is 5.83. The van der Waals surface area contributed by atoms with Crippen molar-refractivity contribution in [1.82, 2.24) is 5.32 Å². The van der Waals surface area contributed by atoms with E-state index in [4.69, 9.17) is 4.74 Å². The summed E-state index contributed by atoms with van der Waals surface area (Å²) in [5.41, 5.74) is 1.81. The van der Waals surface area contributed by atoms with Gasteiger partial charge in [0, 0.05) is 18.0 Å². The van der Waals surface area contributed by atoms with Gasteiger partial charge in [-0.1, -0.05) is 32.9 Å². The zero-order valence-electron chi connectivity index (χ0n) is 12.2. The predicted octanol–water partition coefficient (Wildman–Crippen LogP) is 3.35. The van der Waals surface area contributed by atoms with Crippen LogP contribution in [-0.4, -0.2) is 18.6 Å². The van der Waals surface area contributed by atoms with Crippen molar-refractivity contribution in [3.8, 4) is 5.75 Å². The van der Waals surface area contributed by atoms with E-state index >= 15 is 0 Å². The van der Waals surface area contributed by atoms with Gasteiger partial charge < -0.3 is 10.1 Å². The monoisotopic (exact) mass is 261 g/mol. The Bertz CT molecular complexity index is 468. The van der Waals surface area contributed by atoms with Crippen LogP contribution < -0.4 is 10.1 Å². The molecule has 2 rings (SSSR count). The number of hydrogen-bond donors (Lipinski definition) is 1. The molecule has 3 nitrogen and oxygen atoms in total. The first-order chi connectivity index (χ1) is 9.00. The molecule has 19 heavy (non-hydrogen) atoms. The molecule has 1 aromatic carbocycles. The first kappa shape index (κ1) is 13.9. The van der Waals surface area contributed by atoms with Crippen molar-refractivity contribution in [1.29, 1.82) is 0 Å². The Morgan fingerprint density at radius 1 is 1.37 bits per heavy atom. The first-order valence-electron chi connectivity index (χ1n) is 7.08. The predicted molar refractivity (Wildman–Crippen MR) is 76.7 cm³/mol. The SMILES string of the molecule is CC(C)CCNC(=O)c1cccc2c1OC(C)C2C. The summed E-state index contributed by atoms with van der Waals surface area (Å²) in [4.78, 5) is 12.2. The molecule has 1 aliphatic rings. The molecule has 0 aliphatic carbocycles. The molecule has 2 unspecified atom stereocenters. The Labute approximate surface area is 115 Å². The third-order valence-electron chi connectivity index (χ3n) is 3.80. The van der Waals surface area contributed by atoms with Gasteiger partial charge in [0.15, 0.2) is 0 Å². The molecular formula is C16H23NO2. The van der Waals surface area contributed by atoms with E-state index < -0.39 is 0 Å². The van der Waals surface area contributed by atoms with Crippen LogP contribution >= 0.6 is 0 Å². The highest BCUT2D eigenvalue weighted by Crippen LogP contribution is 2.40. The second-order valence-electron chi connectivity index (χ2n) is 5.77. The minimum atomic E-state index is -0.0289. The van der Waals surface area contributed by atoms with E-state index in [1.165, 1.54) is 0 Å². The largest absolute Gasteiger partial charge is 0.489 e. The second kappa shape index (κ2) is 5.64. The van der Waals surface area contributed by atoms with Gasteiger partial charge in [0.05, 0.1) is 5.56 Å². The molecule has 0 radical (unpaired) electrons. The standard InChI is InChI=1S/C16H23NO2/c1-10(2)8-9-17-16(18)14-7-5-6-13-11(3)12(4)19-15(13)14/h5-7,10-12H,8-9H2,1-4H3,(H,17,18). The molecule has 0 saturated heterocycles. The fraction of sp³-hybridized carbons (Fsp3) is 0.562. The minimum Gasteiger partial charge on any atom is -0.489 e. The summed E-state index contributed by atoms with van der Waals surface area (Å²) >= 11 is 0. The third-order valence-corrected chi connectivity index (χ3v) is 3.80. The van der Waals surface area contributed by atoms with E-state index in [1.807, 2.05) is 25.1 Å². The van der Waals surface area contributed by atoms with Crippen LogP contribution in [0.1, 0.15) is 56.0 Å². The third kappa shape index (κ3) is 2.91. The number of fused-ring (bicyclic) bond motifs is 1. The zero-order chi connectivity index (χ0) is 14.0. The average Bonchev–Trinajstić information content (AvgIpc) is 2.65. The Morgan fingerprint density at radius 3 is 2.79 bits per heavy atom. The number of amides is 1. The van der Waals surface area contributed by atoms with E-state index in [1.54, 1.807) is 0 Å². The quantitative estimate of drug-likeness (QED) is 0.902. The number of rotatable bonds is 4. The summed E-state index contributed by atoms with van der Waals surface area (Å²) in [7, 11) is 0. The smallest absolute Gasteiger partial charge is 0.255 e. The average molecular weight is 261 g/mol. The molecule has 2 atom stereocenters. The van der Waals surface area contributed by atoms with Crippen LogP contribution in [0.15, 0.2) is 18.2 Å². The maximum Gasteiger partial charge on any atom is 0.255 e. The summed E-state index contributed by atoms with van der Waals surface area (Å²) in [6.45, 7) is 9.20. The number of carbonyl (C=O) groups excluding carboxylic acids is 1. The summed E-state index contributed by atoms with van der Waals surface area (Å²) in [5, 5.41) is 2.97. The van der Waals surface area contributed by atoms with Crippen molar-refractivity contribution in [2.24, 2.45) is 5.92 Å². The highest BCUT2D eigenvalue weighted by Gasteiger charge is 2.30. The first-order valence-corrected chi connectivity index (χ1v) is 7.08. The molecule has 1 aromatic rings. The minimum absolute atomic E-state index is 0.0289. The molecule has 3 heteroatoms. The molecule has 1 heterocycles. The molecule has 1 N–H and O–H groups in total. The molecule has 1 amide bonds. The van der Waals surface area contributed by atoms with Crippen LogP contribution in [0.2, 0.25) is 0 Å². The lowest BCUT2D eigenvalue weighted by Gasteiger charge is -2.10. The Balaban J connectivity index is 2.12. The molecule has 0 saturated carbocycles. The van der Waals surface area contributed by atoms with E-state index in [0.29, 0.717) is 23.9 Å². The van der Waals surface area contributed by atoms with Gasteiger partial charge in [-0.25, -0.2) is 0 Å². The summed E-state index contributed by atoms with van der Waals surface area (Å²) in [5.74, 6) is 1.68. The van der Waals surface area contributed by atoms with Crippen LogP contribution in [0.5, 0.6) is 5.75 Å². The van der Waals surface area contributed by atoms with Crippen LogP contribution in [-0.2, 0) is 0 Å². The van der Waals surface area contributed by atoms with Crippen molar-refractivity contribution < 1.29 is 9.53 Å². The normalized spacial score (nSPS) is 21.1. The van der Waals surface area contributed by atoms with Crippen LogP contribution in [0.4, 0.5) is 0 Å². The molecule has 1 aliphatic heterocycles. The Kier molecular flexibility index (Phi) is 4.13. The van der Waals surface area contributed by atoms with Crippen molar-refractivity contribution >= 4 is 5.91 Å². The number of para-hydroxylation sites is 1. The fourth-order valence-corrected chi connectivity index (χ4v) is 2.33. The highest BCUT2D eigenvalue weighted by molar-refractivity contribution is 5.97. The lowest BCUT2D eigenvalue weighted by molar-refractivity contribution is 0.0947. The Hall–Kier alpha value is -1.51. The van der Waals surface area contributed by atoms with Gasteiger partial charge in [0.2, 0.25) is 0 Å². The van der Waals surface area contributed by atoms with E-state index in [9.17, 15) is 4.79 Å². The lowest BCUT2D eigenvalue weighted by atomic mass is 9.97. The zero-order valence-corrected chi connectivity index (χ0v) is 12.2. The van der Waals surface area contributed by atoms with E-state index in [2.05, 4.69) is 26.1 Å². The second-order valence-corrected chi connectivity index (χ2v) is 5.77. The van der Waals surface area contributed by atoms with Gasteiger partial charge in [-0.2, -0.15) is 0 Å². The van der Waals surface area contributed by atoms with Crippen LogP contribution in [0.3, 0.4) is 0 Å². The molecule has 0 bridgehead atoms. The van der Waals surface area contributed by atoms with Gasteiger partial charge in [-0.15, -0.1) is 0 Å². The van der Waals surface area contributed by atoms with Crippen LogP contribution in [0.25, 0.3) is 0 Å². The number of carbonyl (C=O) groups is 1. The number of benzene rings is 1. The summed E-state index contributed by atoms with van der Waals surface area (Å²) < 4.78 is 5.84. The van der Waals surface area contributed by atoms with Crippen molar-refractivity contribution in [2.75, 3.05) is 6.54 Å². The van der Waals surface area contributed by atoms with Crippen LogP contribution in [0, 0.1) is 5.92 Å². The van der Waals surface area contributed by atoms with Gasteiger partial charge >= 0.3 is 0 Å². The van der Waals surface area contributed by atoms with Gasteiger partial charge in [0.1, 0.15) is 11.9 Å². The molecule has 0 spiro atoms. The number of hydrogen-bond acceptors (Lipinski definition) is 2. The maximum atomic E-state index is 12.2. The number of ether oxygens (including phenoxy) is 1.